The van der Waals surface area contributed by atoms with Crippen molar-refractivity contribution < 1.29 is 22.2 Å². The third-order valence-electron chi connectivity index (χ3n) is 2.81. The number of anilines is 1. The van der Waals surface area contributed by atoms with Crippen LogP contribution < -0.4 is 10.5 Å². The minimum absolute atomic E-state index is 0.225. The average molecular weight is 328 g/mol. The zero-order valence-electron chi connectivity index (χ0n) is 11.1. The Morgan fingerprint density at radius 2 is 1.91 bits per heavy atom. The molecule has 2 aromatic carbocycles. The van der Waals surface area contributed by atoms with Crippen LogP contribution in [0.2, 0.25) is 0 Å². The molecule has 0 bridgehead atoms. The van der Waals surface area contributed by atoms with E-state index in [1.165, 1.54) is 24.3 Å². The molecule has 2 rings (SSSR count). The highest BCUT2D eigenvalue weighted by Gasteiger charge is 2.16. The van der Waals surface area contributed by atoms with Gasteiger partial charge in [-0.25, -0.2) is 22.5 Å². The van der Waals surface area contributed by atoms with Gasteiger partial charge in [-0.05, 0) is 30.3 Å². The van der Waals surface area contributed by atoms with Crippen molar-refractivity contribution in [3.8, 4) is 0 Å². The fourth-order valence-corrected chi connectivity index (χ4v) is 2.21. The van der Waals surface area contributed by atoms with Crippen LogP contribution in [0.25, 0.3) is 0 Å². The maximum Gasteiger partial charge on any atom is 0.263 e. The van der Waals surface area contributed by atoms with Crippen molar-refractivity contribution in [1.29, 1.82) is 0 Å². The van der Waals surface area contributed by atoms with Crippen LogP contribution in [0.5, 0.6) is 0 Å². The normalized spacial score (nSPS) is 12.2. The second-order valence-corrected chi connectivity index (χ2v) is 5.39. The number of alkyl halides is 2. The molecule has 0 saturated heterocycles. The van der Waals surface area contributed by atoms with E-state index in [9.17, 15) is 22.2 Å². The van der Waals surface area contributed by atoms with Crippen molar-refractivity contribution in [1.82, 2.24) is 0 Å². The van der Waals surface area contributed by atoms with Gasteiger partial charge in [0.2, 0.25) is 0 Å². The van der Waals surface area contributed by atoms with Crippen LogP contribution in [0.1, 0.15) is 22.3 Å². The summed E-state index contributed by atoms with van der Waals surface area (Å²) < 4.78 is 50.0. The number of hydrogen-bond acceptors (Lipinski definition) is 2. The minimum atomic E-state index is -2.81. The summed E-state index contributed by atoms with van der Waals surface area (Å²) in [5, 5.41) is 7.56. The Balaban J connectivity index is 2.27. The average Bonchev–Trinajstić information content (AvgIpc) is 2.47. The Morgan fingerprint density at radius 3 is 2.55 bits per heavy atom. The molecule has 1 unspecified atom stereocenters. The van der Waals surface area contributed by atoms with Crippen molar-refractivity contribution in [3.63, 3.8) is 0 Å². The van der Waals surface area contributed by atoms with Gasteiger partial charge in [0.15, 0.2) is 0 Å². The van der Waals surface area contributed by atoms with Gasteiger partial charge in [0.05, 0.1) is 10.5 Å². The Morgan fingerprint density at radius 1 is 1.18 bits per heavy atom. The van der Waals surface area contributed by atoms with Crippen LogP contribution in [-0.4, -0.2) is 10.1 Å². The third-order valence-corrected chi connectivity index (χ3v) is 3.53. The smallest absolute Gasteiger partial charge is 0.263 e. The van der Waals surface area contributed by atoms with Gasteiger partial charge in [-0.15, -0.1) is 0 Å². The first-order valence-electron chi connectivity index (χ1n) is 6.03. The molecule has 0 heterocycles. The van der Waals surface area contributed by atoms with Gasteiger partial charge in [0.25, 0.3) is 12.3 Å². The predicted octanol–water partition coefficient (Wildman–Crippen LogP) is 3.00. The largest absolute Gasteiger partial charge is 0.322 e. The van der Waals surface area contributed by atoms with E-state index < -0.39 is 40.3 Å². The molecule has 3 N–H and O–H groups in total. The molecule has 0 aliphatic heterocycles. The van der Waals surface area contributed by atoms with Crippen LogP contribution in [-0.2, 0) is 11.0 Å². The molecule has 1 amide bonds. The monoisotopic (exact) mass is 328 g/mol. The Hall–Kier alpha value is -2.19. The fraction of sp³-hybridized carbons (Fsp3) is 0.0714. The highest BCUT2D eigenvalue weighted by molar-refractivity contribution is 7.82. The van der Waals surface area contributed by atoms with Gasteiger partial charge in [0, 0.05) is 11.3 Å². The molecule has 0 fully saturated rings. The number of carbonyl (C=O) groups excluding carboxylic acids is 1. The van der Waals surface area contributed by atoms with Crippen molar-refractivity contribution in [2.24, 2.45) is 5.14 Å². The lowest BCUT2D eigenvalue weighted by Gasteiger charge is -2.08. The molecule has 0 saturated carbocycles. The number of nitrogens with two attached hydrogens (primary N) is 1. The molecule has 22 heavy (non-hydrogen) atoms. The zero-order chi connectivity index (χ0) is 16.3. The first-order valence-corrected chi connectivity index (χ1v) is 7.25. The first kappa shape index (κ1) is 16.2. The van der Waals surface area contributed by atoms with E-state index in [4.69, 9.17) is 5.14 Å². The summed E-state index contributed by atoms with van der Waals surface area (Å²) in [6, 6.07) is 8.33. The van der Waals surface area contributed by atoms with Gasteiger partial charge < -0.3 is 5.32 Å². The number of rotatable bonds is 4. The molecule has 0 spiro atoms. The van der Waals surface area contributed by atoms with E-state index in [1.807, 2.05) is 0 Å². The molecule has 2 aromatic rings. The van der Waals surface area contributed by atoms with Crippen LogP contribution in [0, 0.1) is 5.82 Å². The van der Waals surface area contributed by atoms with Crippen molar-refractivity contribution in [2.45, 2.75) is 11.3 Å². The van der Waals surface area contributed by atoms with Crippen molar-refractivity contribution >= 4 is 22.6 Å². The van der Waals surface area contributed by atoms with Gasteiger partial charge in [-0.1, -0.05) is 12.1 Å². The lowest BCUT2D eigenvalue weighted by Crippen LogP contribution is -2.14. The highest BCUT2D eigenvalue weighted by atomic mass is 32.2. The quantitative estimate of drug-likeness (QED) is 0.905. The number of carbonyl (C=O) groups is 1. The van der Waals surface area contributed by atoms with E-state index in [-0.39, 0.29) is 10.6 Å². The lowest BCUT2D eigenvalue weighted by molar-refractivity contribution is 0.102. The molecule has 8 heteroatoms. The molecule has 0 aliphatic rings. The summed E-state index contributed by atoms with van der Waals surface area (Å²) in [5.74, 6) is -1.81. The summed E-state index contributed by atoms with van der Waals surface area (Å²) in [6.07, 6.45) is -2.81. The van der Waals surface area contributed by atoms with E-state index >= 15 is 0 Å². The molecule has 1 atom stereocenters. The van der Waals surface area contributed by atoms with Crippen molar-refractivity contribution in [3.05, 3.63) is 59.4 Å². The Labute approximate surface area is 126 Å². The highest BCUT2D eigenvalue weighted by Crippen LogP contribution is 2.22. The van der Waals surface area contributed by atoms with E-state index in [1.54, 1.807) is 0 Å². The van der Waals surface area contributed by atoms with Crippen molar-refractivity contribution in [2.75, 3.05) is 5.32 Å². The number of amides is 1. The molecule has 116 valence electrons. The number of halogens is 3. The lowest BCUT2D eigenvalue weighted by atomic mass is 10.1. The Bertz CT molecular complexity index is 738. The number of nitrogens with one attached hydrogen (secondary N) is 1. The van der Waals surface area contributed by atoms with Crippen LogP contribution in [0.15, 0.2) is 47.4 Å². The summed E-state index contributed by atoms with van der Waals surface area (Å²) >= 11 is 0. The van der Waals surface area contributed by atoms with E-state index in [0.717, 1.165) is 18.2 Å². The molecular weight excluding hydrogens is 317 g/mol. The van der Waals surface area contributed by atoms with Crippen LogP contribution in [0.3, 0.4) is 0 Å². The Kier molecular flexibility index (Phi) is 4.94. The van der Waals surface area contributed by atoms with Gasteiger partial charge >= 0.3 is 0 Å². The summed E-state index contributed by atoms with van der Waals surface area (Å²) in [5.41, 5.74) is -0.733. The summed E-state index contributed by atoms with van der Waals surface area (Å²) in [6.45, 7) is 0. The molecule has 0 radical (unpaired) electrons. The van der Waals surface area contributed by atoms with Crippen LogP contribution in [0.4, 0.5) is 18.9 Å². The third kappa shape index (κ3) is 3.71. The maximum absolute atomic E-state index is 13.6. The molecule has 4 nitrogen and oxygen atoms in total. The second kappa shape index (κ2) is 6.71. The zero-order valence-corrected chi connectivity index (χ0v) is 11.9. The van der Waals surface area contributed by atoms with E-state index in [2.05, 4.69) is 5.32 Å². The molecule has 0 aromatic heterocycles. The standard InChI is InChI=1S/C14H11F3N2O2S/c15-12-5-4-8(13(16)17)6-11(12)14(20)19-9-2-1-3-10(7-9)22(18)21/h1-7,13H,18H2,(H,19,20). The number of hydrogen-bond donors (Lipinski definition) is 2. The van der Waals surface area contributed by atoms with Gasteiger partial charge in [0.1, 0.15) is 16.8 Å². The predicted molar refractivity (Wildman–Crippen MR) is 76.3 cm³/mol. The molecular formula is C14H11F3N2O2S. The topological polar surface area (TPSA) is 72.2 Å². The minimum Gasteiger partial charge on any atom is -0.322 e. The van der Waals surface area contributed by atoms with E-state index in [0.29, 0.717) is 0 Å². The first-order chi connectivity index (χ1) is 10.4. The van der Waals surface area contributed by atoms with Gasteiger partial charge in [-0.2, -0.15) is 0 Å². The fourth-order valence-electron chi connectivity index (χ4n) is 1.75. The van der Waals surface area contributed by atoms with Crippen LogP contribution >= 0.6 is 0 Å². The molecule has 0 aliphatic carbocycles. The second-order valence-electron chi connectivity index (χ2n) is 4.32. The SMILES string of the molecule is NS(=O)c1cccc(NC(=O)c2cc(C(F)F)ccc2F)c1. The summed E-state index contributed by atoms with van der Waals surface area (Å²) in [7, 11) is -1.74. The number of benzene rings is 2. The summed E-state index contributed by atoms with van der Waals surface area (Å²) in [4.78, 5) is 12.3. The maximum atomic E-state index is 13.6. The van der Waals surface area contributed by atoms with Gasteiger partial charge in [-0.3, -0.25) is 4.79 Å².